The van der Waals surface area contributed by atoms with Crippen LogP contribution in [-0.4, -0.2) is 87.1 Å². The van der Waals surface area contributed by atoms with Gasteiger partial charge in [-0.15, -0.1) is 11.8 Å². The summed E-state index contributed by atoms with van der Waals surface area (Å²) in [5.74, 6) is 0.571. The first-order chi connectivity index (χ1) is 24.5. The van der Waals surface area contributed by atoms with Crippen LogP contribution in [0.2, 0.25) is 0 Å². The maximum Gasteiger partial charge on any atom is 0.293 e. The van der Waals surface area contributed by atoms with E-state index in [1.165, 1.54) is 24.3 Å². The molecule has 51 heavy (non-hydrogen) atoms. The number of piperazine rings is 1. The molecule has 4 aromatic rings. The molecule has 12 nitrogen and oxygen atoms in total. The Morgan fingerprint density at radius 3 is 2.33 bits per heavy atom. The Bertz CT molecular complexity index is 1950. The average molecular weight is 732 g/mol. The van der Waals surface area contributed by atoms with Crippen LogP contribution in [0.3, 0.4) is 0 Å². The molecule has 2 N–H and O–H groups in total. The van der Waals surface area contributed by atoms with E-state index in [-0.39, 0.29) is 17.2 Å². The molecule has 2 amide bonds. The van der Waals surface area contributed by atoms with E-state index in [1.807, 2.05) is 58.2 Å². The van der Waals surface area contributed by atoms with Crippen LogP contribution in [0.4, 0.5) is 11.4 Å². The number of nitrogens with zero attached hydrogens (tertiary/aromatic N) is 3. The Kier molecular flexibility index (Phi) is 12.7. The molecular formula is C37H41N5O7S2. The Morgan fingerprint density at radius 2 is 1.67 bits per heavy atom. The molecule has 1 aliphatic rings. The van der Waals surface area contributed by atoms with Crippen molar-refractivity contribution < 1.29 is 27.7 Å². The second-order valence-electron chi connectivity index (χ2n) is 12.0. The monoisotopic (exact) mass is 731 g/mol. The molecule has 0 atom stereocenters. The summed E-state index contributed by atoms with van der Waals surface area (Å²) in [7, 11) is -2.82. The number of methoxy groups -OCH3 is 1. The van der Waals surface area contributed by atoms with Gasteiger partial charge in [0.05, 0.1) is 16.9 Å². The van der Waals surface area contributed by atoms with E-state index in [4.69, 9.17) is 4.74 Å². The lowest BCUT2D eigenvalue weighted by Gasteiger charge is -2.34. The summed E-state index contributed by atoms with van der Waals surface area (Å²) in [6.07, 6.45) is 1.84. The van der Waals surface area contributed by atoms with Crippen molar-refractivity contribution in [1.29, 1.82) is 0 Å². The second-order valence-corrected chi connectivity index (χ2v) is 14.9. The van der Waals surface area contributed by atoms with Crippen LogP contribution in [0.5, 0.6) is 5.75 Å². The molecule has 0 aromatic heterocycles. The number of carbonyl (C=O) groups excluding carboxylic acids is 2. The molecular weight excluding hydrogens is 691 g/mol. The van der Waals surface area contributed by atoms with Crippen LogP contribution in [-0.2, 0) is 21.2 Å². The lowest BCUT2D eigenvalue weighted by atomic mass is 9.99. The van der Waals surface area contributed by atoms with Crippen molar-refractivity contribution in [3.63, 3.8) is 0 Å². The zero-order valence-corrected chi connectivity index (χ0v) is 30.2. The summed E-state index contributed by atoms with van der Waals surface area (Å²) in [4.78, 5) is 40.6. The first-order valence-corrected chi connectivity index (χ1v) is 19.0. The highest BCUT2D eigenvalue weighted by Gasteiger charge is 2.24. The molecule has 1 fully saturated rings. The minimum Gasteiger partial charge on any atom is -0.496 e. The average Bonchev–Trinajstić information content (AvgIpc) is 3.13. The Hall–Kier alpha value is -4.92. The molecule has 268 valence electrons. The molecule has 4 aromatic carbocycles. The fraction of sp³-hybridized carbons (Fsp3) is 0.297. The quantitative estimate of drug-likeness (QED) is 0.0676. The van der Waals surface area contributed by atoms with Crippen molar-refractivity contribution in [2.45, 2.75) is 29.6 Å². The number of thioether (sulfide) groups is 1. The van der Waals surface area contributed by atoms with E-state index in [0.717, 1.165) is 73.2 Å². The smallest absolute Gasteiger partial charge is 0.293 e. The van der Waals surface area contributed by atoms with E-state index in [0.29, 0.717) is 18.0 Å². The molecule has 0 aliphatic carbocycles. The van der Waals surface area contributed by atoms with Crippen LogP contribution < -0.4 is 14.8 Å². The van der Waals surface area contributed by atoms with Gasteiger partial charge in [-0.1, -0.05) is 42.5 Å². The number of carbonyl (C=O) groups is 2. The highest BCUT2D eigenvalue weighted by Crippen LogP contribution is 2.32. The van der Waals surface area contributed by atoms with Gasteiger partial charge in [0.25, 0.3) is 21.6 Å². The SMILES string of the molecule is COc1cc(CCCN2CCN(C(C)=O)CC2)ccc1-c1ccc(C(=O)NS(=O)(=O)c2ccc(NCCSc3ccccc3)c([N+](=O)[O-])c2)cc1. The van der Waals surface area contributed by atoms with Gasteiger partial charge < -0.3 is 15.0 Å². The van der Waals surface area contributed by atoms with Gasteiger partial charge in [0.2, 0.25) is 5.91 Å². The molecule has 0 bridgehead atoms. The van der Waals surface area contributed by atoms with Crippen LogP contribution in [0.15, 0.2) is 101 Å². The predicted octanol–water partition coefficient (Wildman–Crippen LogP) is 5.69. The first-order valence-electron chi connectivity index (χ1n) is 16.6. The third-order valence-electron chi connectivity index (χ3n) is 8.61. The summed E-state index contributed by atoms with van der Waals surface area (Å²) in [5.41, 5.74) is 2.60. The molecule has 1 aliphatic heterocycles. The zero-order chi connectivity index (χ0) is 36.4. The van der Waals surface area contributed by atoms with Crippen LogP contribution in [0, 0.1) is 10.1 Å². The van der Waals surface area contributed by atoms with Crippen molar-refractivity contribution in [2.75, 3.05) is 57.4 Å². The Labute approximate surface area is 302 Å². The van der Waals surface area contributed by atoms with Crippen LogP contribution >= 0.6 is 11.8 Å². The van der Waals surface area contributed by atoms with Gasteiger partial charge >= 0.3 is 0 Å². The minimum absolute atomic E-state index is 0.103. The van der Waals surface area contributed by atoms with E-state index in [2.05, 4.69) is 10.2 Å². The van der Waals surface area contributed by atoms with E-state index < -0.39 is 31.4 Å². The molecule has 1 heterocycles. The number of amides is 2. The van der Waals surface area contributed by atoms with Crippen molar-refractivity contribution in [1.82, 2.24) is 14.5 Å². The van der Waals surface area contributed by atoms with Gasteiger partial charge in [-0.25, -0.2) is 13.1 Å². The number of benzene rings is 4. The Morgan fingerprint density at radius 1 is 0.941 bits per heavy atom. The number of rotatable bonds is 15. The van der Waals surface area contributed by atoms with Gasteiger partial charge in [0.1, 0.15) is 11.4 Å². The van der Waals surface area contributed by atoms with E-state index in [9.17, 15) is 28.1 Å². The Balaban J connectivity index is 1.17. The van der Waals surface area contributed by atoms with Gasteiger partial charge in [-0.3, -0.25) is 24.6 Å². The zero-order valence-electron chi connectivity index (χ0n) is 28.5. The van der Waals surface area contributed by atoms with Crippen LogP contribution in [0.25, 0.3) is 11.1 Å². The largest absolute Gasteiger partial charge is 0.496 e. The summed E-state index contributed by atoms with van der Waals surface area (Å²) in [5, 5.41) is 14.8. The molecule has 5 rings (SSSR count). The molecule has 0 unspecified atom stereocenters. The van der Waals surface area contributed by atoms with E-state index >= 15 is 0 Å². The number of anilines is 1. The number of nitro benzene ring substituents is 1. The number of hydrogen-bond acceptors (Lipinski definition) is 10. The third kappa shape index (κ3) is 10.1. The number of sulfonamides is 1. The highest BCUT2D eigenvalue weighted by molar-refractivity contribution is 7.99. The normalized spacial score (nSPS) is 13.4. The third-order valence-corrected chi connectivity index (χ3v) is 11.0. The number of nitrogens with one attached hydrogen (secondary N) is 2. The van der Waals surface area contributed by atoms with Gasteiger partial charge in [-0.05, 0) is 73.0 Å². The van der Waals surface area contributed by atoms with E-state index in [1.54, 1.807) is 37.9 Å². The van der Waals surface area contributed by atoms with Gasteiger partial charge in [0, 0.05) is 67.5 Å². The molecule has 14 heteroatoms. The maximum absolute atomic E-state index is 13.1. The molecule has 0 saturated carbocycles. The number of hydrogen-bond donors (Lipinski definition) is 2. The lowest BCUT2D eigenvalue weighted by molar-refractivity contribution is -0.384. The molecule has 1 saturated heterocycles. The minimum atomic E-state index is -4.41. The maximum atomic E-state index is 13.1. The summed E-state index contributed by atoms with van der Waals surface area (Å²) in [6.45, 7) is 6.26. The fourth-order valence-corrected chi connectivity index (χ4v) is 7.60. The first kappa shape index (κ1) is 37.3. The predicted molar refractivity (Wildman–Crippen MR) is 199 cm³/mol. The van der Waals surface area contributed by atoms with Crippen molar-refractivity contribution in [3.05, 3.63) is 112 Å². The number of aryl methyl sites for hydroxylation is 1. The lowest BCUT2D eigenvalue weighted by Crippen LogP contribution is -2.48. The molecule has 0 radical (unpaired) electrons. The van der Waals surface area contributed by atoms with Gasteiger partial charge in [0.15, 0.2) is 0 Å². The van der Waals surface area contributed by atoms with Crippen molar-refractivity contribution in [2.24, 2.45) is 0 Å². The summed E-state index contributed by atoms with van der Waals surface area (Å²) >= 11 is 1.58. The van der Waals surface area contributed by atoms with Gasteiger partial charge in [-0.2, -0.15) is 0 Å². The number of ether oxygens (including phenoxy) is 1. The second kappa shape index (κ2) is 17.3. The highest BCUT2D eigenvalue weighted by atomic mass is 32.2. The van der Waals surface area contributed by atoms with Crippen molar-refractivity contribution in [3.8, 4) is 16.9 Å². The summed E-state index contributed by atoms with van der Waals surface area (Å²) < 4.78 is 33.9. The standard InChI is InChI=1S/C37H41N5O7S2/c1-27(43)41-22-20-40(21-23-41)19-6-7-28-10-16-33(36(25-28)49-2)29-11-13-30(14-12-29)37(44)39-51(47,48)32-15-17-34(35(26-32)42(45)46)38-18-24-50-31-8-4-3-5-9-31/h3-5,8-17,25-26,38H,6-7,18-24H2,1-2H3,(H,39,44). The van der Waals surface area contributed by atoms with Crippen molar-refractivity contribution >= 4 is 45.0 Å². The summed E-state index contributed by atoms with van der Waals surface area (Å²) in [6, 6.07) is 25.7. The number of nitro groups is 1. The fourth-order valence-electron chi connectivity index (χ4n) is 5.81. The topological polar surface area (TPSA) is 151 Å². The molecule has 0 spiro atoms. The van der Waals surface area contributed by atoms with Crippen LogP contribution in [0.1, 0.15) is 29.3 Å².